The van der Waals surface area contributed by atoms with Crippen LogP contribution in [0, 0.1) is 23.5 Å². The van der Waals surface area contributed by atoms with E-state index in [0.29, 0.717) is 96.2 Å². The van der Waals surface area contributed by atoms with Crippen LogP contribution in [-0.2, 0) is 19.2 Å². The number of anilines is 4. The second-order valence-corrected chi connectivity index (χ2v) is 18.0. The molecule has 0 unspecified atom stereocenters. The molecule has 0 bridgehead atoms. The predicted molar refractivity (Wildman–Crippen MR) is 288 cm³/mol. The Morgan fingerprint density at radius 1 is 0.513 bits per heavy atom. The molecule has 8 rings (SSSR count). The van der Waals surface area contributed by atoms with Crippen molar-refractivity contribution in [3.8, 4) is 0 Å². The third kappa shape index (κ3) is 17.7. The molecular weight excluding hydrogens is 1010 g/mol. The molecule has 6 aromatic rings. The fraction of sp³-hybridized carbons (Fsp3) is 0.241. The van der Waals surface area contributed by atoms with E-state index in [1.54, 1.807) is 120 Å². The Morgan fingerprint density at radius 2 is 0.846 bits per heavy atom. The van der Waals surface area contributed by atoms with Crippen molar-refractivity contribution in [3.05, 3.63) is 192 Å². The summed E-state index contributed by atoms with van der Waals surface area (Å²) in [4.78, 5) is 109. The molecule has 2 aromatic heterocycles. The zero-order valence-corrected chi connectivity index (χ0v) is 42.4. The highest BCUT2D eigenvalue weighted by Gasteiger charge is 2.29. The standard InChI is InChI=1S/2C27H27FN4O3.C4H4O4/c2*28-23-7-3-20(4-8-23)26(34)21-11-14-31(15-12-21)16-17-32(25-2-1-13-29-18-25)27(35)22-5-9-24(10-6-22)30-19-33;5-3(6)1-2-4(7)8/h2*1-10,13,18-19,21H,11-12,14-17H2,(H,30,33);1-2H,(H,5,6)(H,7,8)/b;;2-1+. The Morgan fingerprint density at radius 3 is 1.14 bits per heavy atom. The van der Waals surface area contributed by atoms with Gasteiger partial charge in [-0.25, -0.2) is 18.4 Å². The van der Waals surface area contributed by atoms with Gasteiger partial charge in [0.2, 0.25) is 12.8 Å². The smallest absolute Gasteiger partial charge is 0.328 e. The zero-order chi connectivity index (χ0) is 55.8. The maximum absolute atomic E-state index is 13.3. The summed E-state index contributed by atoms with van der Waals surface area (Å²) in [6.07, 6.45) is 11.8. The van der Waals surface area contributed by atoms with Gasteiger partial charge in [-0.1, -0.05) is 0 Å². The van der Waals surface area contributed by atoms with Gasteiger partial charge in [-0.05, 0) is 173 Å². The number of hydrogen-bond acceptors (Lipinski definition) is 12. The largest absolute Gasteiger partial charge is 0.478 e. The molecule has 2 saturated heterocycles. The number of amides is 4. The van der Waals surface area contributed by atoms with Gasteiger partial charge in [-0.3, -0.25) is 38.7 Å². The van der Waals surface area contributed by atoms with Crippen molar-refractivity contribution in [1.29, 1.82) is 0 Å². The maximum Gasteiger partial charge on any atom is 0.328 e. The molecule has 0 radical (unpaired) electrons. The minimum absolute atomic E-state index is 0.0596. The van der Waals surface area contributed by atoms with E-state index in [1.165, 1.54) is 24.3 Å². The molecule has 18 nitrogen and oxygen atoms in total. The Balaban J connectivity index is 0.000000221. The molecule has 2 aliphatic rings. The van der Waals surface area contributed by atoms with E-state index in [1.807, 2.05) is 12.1 Å². The third-order valence-corrected chi connectivity index (χ3v) is 12.9. The van der Waals surface area contributed by atoms with Crippen molar-refractivity contribution in [1.82, 2.24) is 19.8 Å². The summed E-state index contributed by atoms with van der Waals surface area (Å²) in [7, 11) is 0. The van der Waals surface area contributed by atoms with Crippen LogP contribution in [0.1, 0.15) is 67.1 Å². The van der Waals surface area contributed by atoms with Crippen molar-refractivity contribution in [2.75, 3.05) is 72.8 Å². The first-order valence-corrected chi connectivity index (χ1v) is 25.0. The minimum Gasteiger partial charge on any atom is -0.478 e. The summed E-state index contributed by atoms with van der Waals surface area (Å²) < 4.78 is 26.3. The van der Waals surface area contributed by atoms with E-state index < -0.39 is 11.9 Å². The van der Waals surface area contributed by atoms with Gasteiger partial charge < -0.3 is 40.4 Å². The van der Waals surface area contributed by atoms with Gasteiger partial charge >= 0.3 is 11.9 Å². The lowest BCUT2D eigenvalue weighted by Crippen LogP contribution is -2.43. The van der Waals surface area contributed by atoms with Crippen molar-refractivity contribution < 1.29 is 57.4 Å². The van der Waals surface area contributed by atoms with Gasteiger partial charge in [0.25, 0.3) is 11.8 Å². The molecule has 2 fully saturated rings. The highest BCUT2D eigenvalue weighted by Crippen LogP contribution is 2.26. The Labute approximate surface area is 449 Å². The fourth-order valence-corrected chi connectivity index (χ4v) is 8.75. The fourth-order valence-electron chi connectivity index (χ4n) is 8.75. The molecule has 2 aliphatic heterocycles. The first-order chi connectivity index (χ1) is 37.7. The number of carboxylic acid groups (broad SMARTS) is 2. The number of hydrogen-bond donors (Lipinski definition) is 4. The Hall–Kier alpha value is -9.14. The predicted octanol–water partition coefficient (Wildman–Crippen LogP) is 7.77. The number of rotatable bonds is 20. The molecule has 4 amide bonds. The topological polar surface area (TPSA) is 240 Å². The summed E-state index contributed by atoms with van der Waals surface area (Å²) in [5.74, 6) is -3.56. The molecule has 78 heavy (non-hydrogen) atoms. The van der Waals surface area contributed by atoms with Gasteiger partial charge in [0, 0.05) is 96.2 Å². The van der Waals surface area contributed by atoms with Crippen molar-refractivity contribution in [3.63, 3.8) is 0 Å². The lowest BCUT2D eigenvalue weighted by Gasteiger charge is -2.33. The average Bonchev–Trinajstić information content (AvgIpc) is 3.46. The number of carbonyl (C=O) groups is 8. The maximum atomic E-state index is 13.3. The number of Topliss-reactive ketones (excluding diaryl/α,β-unsaturated/α-hetero) is 2. The van der Waals surface area contributed by atoms with Crippen LogP contribution in [0.5, 0.6) is 0 Å². The lowest BCUT2D eigenvalue weighted by molar-refractivity contribution is -0.134. The summed E-state index contributed by atoms with van der Waals surface area (Å²) in [6, 6.07) is 32.2. The number of aromatic nitrogens is 2. The quantitative estimate of drug-likeness (QED) is 0.0325. The second-order valence-electron chi connectivity index (χ2n) is 18.0. The average molecular weight is 1070 g/mol. The molecule has 404 valence electrons. The number of halogens is 2. The number of benzene rings is 4. The molecule has 20 heteroatoms. The monoisotopic (exact) mass is 1060 g/mol. The molecule has 0 saturated carbocycles. The molecular formula is C58H58F2N8O10. The van der Waals surface area contributed by atoms with Crippen molar-refractivity contribution in [2.45, 2.75) is 25.7 Å². The molecule has 4 heterocycles. The first kappa shape index (κ1) is 58.1. The number of nitrogens with one attached hydrogen (secondary N) is 2. The Kier molecular flexibility index (Phi) is 22.2. The number of nitrogens with zero attached hydrogens (tertiary/aromatic N) is 6. The van der Waals surface area contributed by atoms with E-state index >= 15 is 0 Å². The summed E-state index contributed by atoms with van der Waals surface area (Å²) in [5.41, 5.74) is 4.75. The summed E-state index contributed by atoms with van der Waals surface area (Å²) in [6.45, 7) is 5.24. The number of aliphatic carboxylic acids is 2. The summed E-state index contributed by atoms with van der Waals surface area (Å²) >= 11 is 0. The number of carbonyl (C=O) groups excluding carboxylic acids is 6. The Bertz CT molecular complexity index is 2770. The van der Waals surface area contributed by atoms with E-state index in [9.17, 15) is 47.1 Å². The number of carboxylic acids is 2. The molecule has 4 aromatic carbocycles. The third-order valence-electron chi connectivity index (χ3n) is 12.9. The van der Waals surface area contributed by atoms with Crippen molar-refractivity contribution in [2.24, 2.45) is 11.8 Å². The number of ketones is 2. The van der Waals surface area contributed by atoms with Crippen molar-refractivity contribution >= 4 is 70.9 Å². The molecule has 0 spiro atoms. The van der Waals surface area contributed by atoms with Crippen LogP contribution >= 0.6 is 0 Å². The van der Waals surface area contributed by atoms with Gasteiger partial charge in [0.05, 0.1) is 23.8 Å². The van der Waals surface area contributed by atoms with E-state index in [2.05, 4.69) is 30.4 Å². The lowest BCUT2D eigenvalue weighted by atomic mass is 9.89. The van der Waals surface area contributed by atoms with E-state index in [4.69, 9.17) is 10.2 Å². The highest BCUT2D eigenvalue weighted by atomic mass is 19.1. The molecule has 0 aliphatic carbocycles. The second kappa shape index (κ2) is 29.8. The van der Waals surface area contributed by atoms with E-state index in [0.717, 1.165) is 51.9 Å². The van der Waals surface area contributed by atoms with Crippen LogP contribution in [0.4, 0.5) is 31.5 Å². The van der Waals surface area contributed by atoms with Crippen LogP contribution < -0.4 is 20.4 Å². The SMILES string of the molecule is O=C(O)/C=C/C(=O)O.O=CNc1ccc(C(=O)N(CCN2CCC(C(=O)c3ccc(F)cc3)CC2)c2cccnc2)cc1.O=CNc1ccc(C(=O)N(CCN2CCC(C(=O)c3ccc(F)cc3)CC2)c2cccnc2)cc1. The minimum atomic E-state index is -1.26. The van der Waals surface area contributed by atoms with E-state index in [-0.39, 0.29) is 46.9 Å². The zero-order valence-electron chi connectivity index (χ0n) is 42.4. The number of piperidine rings is 2. The first-order valence-electron chi connectivity index (χ1n) is 25.0. The number of pyridine rings is 2. The van der Waals surface area contributed by atoms with Gasteiger partial charge in [-0.15, -0.1) is 0 Å². The van der Waals surface area contributed by atoms with Crippen LogP contribution in [-0.4, -0.2) is 130 Å². The molecule has 0 atom stereocenters. The van der Waals surface area contributed by atoms with Crippen LogP contribution in [0.25, 0.3) is 0 Å². The van der Waals surface area contributed by atoms with Crippen LogP contribution in [0.3, 0.4) is 0 Å². The van der Waals surface area contributed by atoms with Gasteiger partial charge in [0.15, 0.2) is 11.6 Å². The van der Waals surface area contributed by atoms with Gasteiger partial charge in [0.1, 0.15) is 11.6 Å². The van der Waals surface area contributed by atoms with Crippen LogP contribution in [0.2, 0.25) is 0 Å². The highest BCUT2D eigenvalue weighted by molar-refractivity contribution is 6.07. The molecule has 4 N–H and O–H groups in total. The van der Waals surface area contributed by atoms with Crippen LogP contribution in [0.15, 0.2) is 158 Å². The number of likely N-dealkylation sites (tertiary alicyclic amines) is 2. The normalized spacial score (nSPS) is 13.8. The summed E-state index contributed by atoms with van der Waals surface area (Å²) in [5, 5.41) is 20.8. The van der Waals surface area contributed by atoms with Gasteiger partial charge in [-0.2, -0.15) is 0 Å².